The molecule has 14 heteroatoms. The van der Waals surface area contributed by atoms with Crippen molar-refractivity contribution in [1.82, 2.24) is 0 Å². The van der Waals surface area contributed by atoms with Crippen molar-refractivity contribution in [2.24, 2.45) is 0 Å². The topological polar surface area (TPSA) is 203 Å². The molecule has 0 radical (unpaired) electrons. The number of carbonyl (C=O) groups excluding carboxylic acids is 1. The average molecular weight is 653 g/mol. The van der Waals surface area contributed by atoms with E-state index in [1.54, 1.807) is 24.3 Å². The van der Waals surface area contributed by atoms with Gasteiger partial charge in [-0.1, -0.05) is 6.07 Å². The number of rotatable bonds is 3. The molecule has 0 saturated carbocycles. The van der Waals surface area contributed by atoms with E-state index < -0.39 is 10.1 Å². The van der Waals surface area contributed by atoms with Crippen LogP contribution in [-0.2, 0) is 16.0 Å². The molecule has 0 aromatic heterocycles. The normalized spacial score (nSPS) is 10.4. The summed E-state index contributed by atoms with van der Waals surface area (Å²) in [6.45, 7) is 0. The molecule has 0 fully saturated rings. The number of hydrogen-bond acceptors (Lipinski definition) is 10. The van der Waals surface area contributed by atoms with Crippen LogP contribution >= 0.6 is 23.2 Å². The number of alkyl halides is 2. The molecule has 3 aromatic carbocycles. The van der Waals surface area contributed by atoms with Gasteiger partial charge >= 0.3 is 0 Å². The molecule has 5 rings (SSSR count). The predicted octanol–water partition coefficient (Wildman–Crippen LogP) is 5.46. The summed E-state index contributed by atoms with van der Waals surface area (Å²) < 4.78 is 31.5. The highest BCUT2D eigenvalue weighted by atomic mass is 35.5. The summed E-state index contributed by atoms with van der Waals surface area (Å²) >= 11 is 11.3. The van der Waals surface area contributed by atoms with Gasteiger partial charge in [-0.15, -0.1) is 23.2 Å². The van der Waals surface area contributed by atoms with Gasteiger partial charge in [-0.25, -0.2) is 0 Å². The summed E-state index contributed by atoms with van der Waals surface area (Å²) in [5.74, 6) is 0.203. The van der Waals surface area contributed by atoms with E-state index in [4.69, 9.17) is 52.6 Å². The van der Waals surface area contributed by atoms with Gasteiger partial charge in [0.2, 0.25) is 0 Å². The summed E-state index contributed by atoms with van der Waals surface area (Å²) in [7, 11) is -3.67. The molecule has 1 heterocycles. The lowest BCUT2D eigenvalue weighted by Crippen LogP contribution is -2.00. The molecule has 3 aromatic rings. The van der Waals surface area contributed by atoms with Crippen LogP contribution in [0.15, 0.2) is 88.1 Å². The van der Waals surface area contributed by atoms with E-state index in [1.165, 1.54) is 48.5 Å². The van der Waals surface area contributed by atoms with Crippen LogP contribution in [0.25, 0.3) is 22.3 Å². The molecule has 0 spiro atoms. The lowest BCUT2D eigenvalue weighted by molar-refractivity contribution is 0.101. The number of phenolic OH excluding ortho intramolecular Hbond substituents is 5. The maximum absolute atomic E-state index is 11.3. The summed E-state index contributed by atoms with van der Waals surface area (Å²) in [6, 6.07) is 19.1. The van der Waals surface area contributed by atoms with E-state index in [0.29, 0.717) is 23.5 Å². The highest BCUT2D eigenvalue weighted by molar-refractivity contribution is 7.85. The smallest absolute Gasteiger partial charge is 0.261 e. The van der Waals surface area contributed by atoms with Gasteiger partial charge < -0.3 is 29.9 Å². The monoisotopic (exact) mass is 652 g/mol. The zero-order valence-electron chi connectivity index (χ0n) is 22.3. The molecule has 43 heavy (non-hydrogen) atoms. The second-order valence-corrected chi connectivity index (χ2v) is 10.6. The minimum Gasteiger partial charge on any atom is -0.508 e. The molecule has 6 N–H and O–H groups in total. The number of ketones is 1. The number of phenols is 5. The summed E-state index contributed by atoms with van der Waals surface area (Å²) in [6.07, 6.45) is 0.715. The summed E-state index contributed by atoms with van der Waals surface area (Å²) in [4.78, 5) is 22.3. The van der Waals surface area contributed by atoms with Gasteiger partial charge in [0.1, 0.15) is 40.1 Å². The third-order valence-electron chi connectivity index (χ3n) is 5.15. The molecular weight excluding hydrogens is 627 g/mol. The third-order valence-corrected chi connectivity index (χ3v) is 5.66. The molecule has 1 aliphatic carbocycles. The predicted molar refractivity (Wildman–Crippen MR) is 162 cm³/mol. The van der Waals surface area contributed by atoms with Crippen molar-refractivity contribution in [3.8, 4) is 40.1 Å². The fourth-order valence-electron chi connectivity index (χ4n) is 3.41. The second-order valence-electron chi connectivity index (χ2n) is 8.56. The molecule has 0 unspecified atom stereocenters. The number of fused-ring (bicyclic) bond motifs is 2. The van der Waals surface area contributed by atoms with Gasteiger partial charge in [0.05, 0.1) is 17.7 Å². The van der Waals surface area contributed by atoms with Crippen LogP contribution in [0.5, 0.6) is 28.7 Å². The first kappa shape index (κ1) is 34.7. The quantitative estimate of drug-likeness (QED) is 0.0624. The zero-order valence-corrected chi connectivity index (χ0v) is 24.6. The Morgan fingerprint density at radius 2 is 1.35 bits per heavy atom. The maximum Gasteiger partial charge on any atom is 0.261 e. The van der Waals surface area contributed by atoms with E-state index in [1.807, 2.05) is 0 Å². The van der Waals surface area contributed by atoms with Crippen LogP contribution in [0.4, 0.5) is 0 Å². The van der Waals surface area contributed by atoms with Crippen LogP contribution in [0.1, 0.15) is 15.9 Å². The Morgan fingerprint density at radius 1 is 0.791 bits per heavy atom. The van der Waals surface area contributed by atoms with Crippen LogP contribution in [-0.4, -0.2) is 56.4 Å². The van der Waals surface area contributed by atoms with Crippen molar-refractivity contribution < 1.29 is 47.7 Å². The number of carbonyl (C=O) groups is 1. The van der Waals surface area contributed by atoms with Crippen molar-refractivity contribution in [3.63, 3.8) is 0 Å². The number of hydrogen-bond donors (Lipinski definition) is 6. The molecule has 2 aliphatic rings. The average Bonchev–Trinajstić information content (AvgIpc) is 2.91. The Hall–Kier alpha value is -4.49. The Morgan fingerprint density at radius 3 is 1.86 bits per heavy atom. The van der Waals surface area contributed by atoms with E-state index in [-0.39, 0.29) is 51.4 Å². The molecule has 228 valence electrons. The molecule has 0 amide bonds. The molecular formula is C29H26Cl2O11S. The van der Waals surface area contributed by atoms with Crippen molar-refractivity contribution in [3.05, 3.63) is 100 Å². The van der Waals surface area contributed by atoms with E-state index in [0.717, 1.165) is 22.6 Å². The number of Topliss-reactive ketones (excluding diaryl/α,β-unsaturated/α-hetero) is 1. The highest BCUT2D eigenvalue weighted by Crippen LogP contribution is 2.34. The zero-order chi connectivity index (χ0) is 32.3. The maximum atomic E-state index is 11.3. The van der Waals surface area contributed by atoms with E-state index >= 15 is 0 Å². The summed E-state index contributed by atoms with van der Waals surface area (Å²) in [5, 5.41) is 45.7. The molecule has 0 atom stereocenters. The fourth-order valence-corrected chi connectivity index (χ4v) is 3.84. The first-order chi connectivity index (χ1) is 20.1. The third kappa shape index (κ3) is 11.4. The standard InChI is InChI=1S/C14H9ClO3.C8H7ClO3.C6H6O2.CH4O3S/c15-7-12-10-3-1-8(16)5-13(10)18-14-6-9(17)2-4-11(12)14;9-4-8(12)6-2-1-5(10)3-7(6)11;7-5-2-1-3-6(8)4-5;1-5(2,3)4/h1-6,16H,7H2;1-3,10-11H,4H2;1-4,7-8H;1H3,(H,2,3,4). The largest absolute Gasteiger partial charge is 0.508 e. The minimum absolute atomic E-state index is 0.0846. The second kappa shape index (κ2) is 15.7. The fraction of sp³-hybridized carbons (Fsp3) is 0.103. The van der Waals surface area contributed by atoms with Gasteiger partial charge in [-0.2, -0.15) is 8.42 Å². The van der Waals surface area contributed by atoms with Gasteiger partial charge in [0.15, 0.2) is 11.2 Å². The lowest BCUT2D eigenvalue weighted by atomic mass is 10.0. The van der Waals surface area contributed by atoms with Crippen LogP contribution in [0.3, 0.4) is 0 Å². The molecule has 1 aliphatic heterocycles. The molecule has 0 saturated heterocycles. The van der Waals surface area contributed by atoms with Crippen LogP contribution in [0, 0.1) is 0 Å². The highest BCUT2D eigenvalue weighted by Gasteiger charge is 2.15. The first-order valence-electron chi connectivity index (χ1n) is 11.9. The lowest BCUT2D eigenvalue weighted by Gasteiger charge is -2.12. The molecule has 11 nitrogen and oxygen atoms in total. The van der Waals surface area contributed by atoms with Crippen molar-refractivity contribution in [2.75, 3.05) is 12.1 Å². The summed E-state index contributed by atoms with van der Waals surface area (Å²) in [5.41, 5.74) is 2.24. The Balaban J connectivity index is 0.000000223. The number of aromatic hydroxyl groups is 5. The Labute approximate surface area is 255 Å². The van der Waals surface area contributed by atoms with Crippen molar-refractivity contribution >= 4 is 50.1 Å². The minimum atomic E-state index is -3.67. The van der Waals surface area contributed by atoms with E-state index in [2.05, 4.69) is 0 Å². The number of benzene rings is 4. The van der Waals surface area contributed by atoms with Crippen molar-refractivity contribution in [1.29, 1.82) is 0 Å². The SMILES string of the molecule is CS(=O)(=O)O.O=C(CCl)c1ccc(O)cc1O.O=c1ccc2c(CCl)c3ccc(O)cc3oc-2c1.Oc1cccc(O)c1. The first-order valence-corrected chi connectivity index (χ1v) is 14.8. The number of halogens is 2. The van der Waals surface area contributed by atoms with Gasteiger partial charge in [-0.3, -0.25) is 14.1 Å². The van der Waals surface area contributed by atoms with Gasteiger partial charge in [0.25, 0.3) is 10.1 Å². The van der Waals surface area contributed by atoms with Crippen molar-refractivity contribution in [2.45, 2.75) is 5.88 Å². The van der Waals surface area contributed by atoms with Gasteiger partial charge in [-0.05, 0) is 54.1 Å². The van der Waals surface area contributed by atoms with Crippen LogP contribution in [0.2, 0.25) is 0 Å². The Kier molecular flexibility index (Phi) is 12.6. The molecule has 0 bridgehead atoms. The van der Waals surface area contributed by atoms with Crippen LogP contribution < -0.4 is 5.43 Å². The van der Waals surface area contributed by atoms with Gasteiger partial charge in [0, 0.05) is 41.1 Å². The Bertz CT molecular complexity index is 1810. The van der Waals surface area contributed by atoms with E-state index in [9.17, 15) is 23.1 Å².